The zero-order chi connectivity index (χ0) is 15.0. The van der Waals surface area contributed by atoms with Gasteiger partial charge in [0.05, 0.1) is 0 Å². The highest BCUT2D eigenvalue weighted by Gasteiger charge is 2.36. The Hall–Kier alpha value is -1.34. The van der Waals surface area contributed by atoms with Crippen molar-refractivity contribution in [2.45, 2.75) is 38.3 Å². The van der Waals surface area contributed by atoms with Crippen LogP contribution in [0.5, 0.6) is 0 Å². The van der Waals surface area contributed by atoms with Gasteiger partial charge in [0, 0.05) is 31.7 Å². The van der Waals surface area contributed by atoms with Gasteiger partial charge >= 0.3 is 0 Å². The number of aromatic nitrogens is 1. The van der Waals surface area contributed by atoms with E-state index in [1.807, 2.05) is 11.8 Å². The molecular weight excluding hydrogens is 286 g/mol. The molecule has 0 aliphatic carbocycles. The van der Waals surface area contributed by atoms with Crippen molar-refractivity contribution in [1.82, 2.24) is 14.8 Å². The van der Waals surface area contributed by atoms with Crippen LogP contribution >= 0.6 is 11.3 Å². The van der Waals surface area contributed by atoms with Crippen molar-refractivity contribution in [3.8, 4) is 0 Å². The van der Waals surface area contributed by atoms with Crippen molar-refractivity contribution in [3.63, 3.8) is 0 Å². The predicted molar refractivity (Wildman–Crippen MR) is 85.8 cm³/mol. The molecule has 0 radical (unpaired) electrons. The molecule has 2 unspecified atom stereocenters. The number of carbonyl (C=O) groups excluding carboxylic acids is 1. The number of rotatable bonds is 3. The number of nitrogens with one attached hydrogen (secondary N) is 1. The van der Waals surface area contributed by atoms with Gasteiger partial charge in [-0.1, -0.05) is 11.3 Å². The normalized spacial score (nSPS) is 25.9. The lowest BCUT2D eigenvalue weighted by molar-refractivity contribution is 0.0746. The Balaban J connectivity index is 1.76. The van der Waals surface area contributed by atoms with Gasteiger partial charge in [0.25, 0.3) is 5.91 Å². The number of nitrogens with zero attached hydrogens (tertiary/aromatic N) is 3. The van der Waals surface area contributed by atoms with Gasteiger partial charge in [-0.25, -0.2) is 4.98 Å². The van der Waals surface area contributed by atoms with E-state index in [0.717, 1.165) is 31.2 Å². The number of likely N-dealkylation sites (N-methyl/N-ethyl adjacent to an activating group) is 1. The number of amides is 1. The third-order valence-electron chi connectivity index (χ3n) is 4.61. The maximum absolute atomic E-state index is 12.7. The monoisotopic (exact) mass is 309 g/mol. The number of hydrogen-bond acceptors (Lipinski definition) is 6. The van der Waals surface area contributed by atoms with Crippen LogP contribution in [-0.4, -0.2) is 59.5 Å². The summed E-state index contributed by atoms with van der Waals surface area (Å²) in [5.41, 5.74) is 5.92. The van der Waals surface area contributed by atoms with Crippen LogP contribution in [0.15, 0.2) is 0 Å². The first-order valence-corrected chi connectivity index (χ1v) is 8.43. The SMILES string of the molecule is CCNc1nc(N)c(C(=O)N2CCC3CCC(C2)N3C)s1. The summed E-state index contributed by atoms with van der Waals surface area (Å²) in [5.74, 6) is 0.388. The van der Waals surface area contributed by atoms with E-state index in [0.29, 0.717) is 22.8 Å². The first kappa shape index (κ1) is 14.6. The van der Waals surface area contributed by atoms with E-state index in [-0.39, 0.29) is 5.91 Å². The van der Waals surface area contributed by atoms with Crippen LogP contribution in [0.1, 0.15) is 35.9 Å². The highest BCUT2D eigenvalue weighted by atomic mass is 32.1. The summed E-state index contributed by atoms with van der Waals surface area (Å²) in [7, 11) is 2.18. The number of thiazole rings is 1. The zero-order valence-electron chi connectivity index (χ0n) is 12.6. The minimum Gasteiger partial charge on any atom is -0.382 e. The van der Waals surface area contributed by atoms with Crippen LogP contribution in [0, 0.1) is 0 Å². The van der Waals surface area contributed by atoms with E-state index in [9.17, 15) is 4.79 Å². The van der Waals surface area contributed by atoms with Crippen molar-refractivity contribution < 1.29 is 4.79 Å². The van der Waals surface area contributed by atoms with E-state index < -0.39 is 0 Å². The minimum absolute atomic E-state index is 0.0371. The number of likely N-dealkylation sites (tertiary alicyclic amines) is 1. The molecule has 21 heavy (non-hydrogen) atoms. The maximum atomic E-state index is 12.7. The number of carbonyl (C=O) groups is 1. The molecular formula is C14H23N5OS. The van der Waals surface area contributed by atoms with E-state index in [4.69, 9.17) is 5.73 Å². The Kier molecular flexibility index (Phi) is 4.03. The second kappa shape index (κ2) is 5.81. The van der Waals surface area contributed by atoms with Crippen molar-refractivity contribution in [3.05, 3.63) is 4.88 Å². The molecule has 0 aromatic carbocycles. The van der Waals surface area contributed by atoms with Crippen molar-refractivity contribution in [2.24, 2.45) is 0 Å². The summed E-state index contributed by atoms with van der Waals surface area (Å²) in [5, 5.41) is 3.85. The molecule has 0 saturated carbocycles. The molecule has 0 spiro atoms. The Morgan fingerprint density at radius 2 is 2.19 bits per heavy atom. The van der Waals surface area contributed by atoms with Crippen molar-refractivity contribution >= 4 is 28.2 Å². The standard InChI is InChI=1S/C14H23N5OS/c1-3-16-14-17-12(15)11(21-14)13(20)19-7-6-9-4-5-10(8-19)18(9)2/h9-10H,3-8,15H2,1-2H3,(H,16,17). The lowest BCUT2D eigenvalue weighted by atomic mass is 10.1. The molecule has 2 aliphatic heterocycles. The third kappa shape index (κ3) is 2.72. The summed E-state index contributed by atoms with van der Waals surface area (Å²) < 4.78 is 0. The summed E-state index contributed by atoms with van der Waals surface area (Å²) >= 11 is 1.36. The van der Waals surface area contributed by atoms with Crippen LogP contribution in [0.2, 0.25) is 0 Å². The van der Waals surface area contributed by atoms with Crippen molar-refractivity contribution in [1.29, 1.82) is 0 Å². The Morgan fingerprint density at radius 3 is 2.95 bits per heavy atom. The zero-order valence-corrected chi connectivity index (χ0v) is 13.4. The Labute approximate surface area is 129 Å². The molecule has 1 amide bonds. The molecule has 1 aromatic heterocycles. The average molecular weight is 309 g/mol. The van der Waals surface area contributed by atoms with E-state index in [1.54, 1.807) is 0 Å². The fourth-order valence-corrected chi connectivity index (χ4v) is 4.27. The number of hydrogen-bond donors (Lipinski definition) is 2. The van der Waals surface area contributed by atoms with Gasteiger partial charge in [-0.3, -0.25) is 9.69 Å². The van der Waals surface area contributed by atoms with Gasteiger partial charge in [0.15, 0.2) is 5.13 Å². The van der Waals surface area contributed by atoms with Gasteiger partial charge in [-0.15, -0.1) is 0 Å². The minimum atomic E-state index is 0.0371. The summed E-state index contributed by atoms with van der Waals surface area (Å²) in [6, 6.07) is 1.12. The second-order valence-electron chi connectivity index (χ2n) is 5.85. The number of nitrogens with two attached hydrogens (primary N) is 1. The van der Waals surface area contributed by atoms with Gasteiger partial charge in [0.1, 0.15) is 10.7 Å². The Morgan fingerprint density at radius 1 is 1.43 bits per heavy atom. The Bertz CT molecular complexity index is 531. The molecule has 2 atom stereocenters. The topological polar surface area (TPSA) is 74.5 Å². The van der Waals surface area contributed by atoms with E-state index in [1.165, 1.54) is 24.2 Å². The van der Waals surface area contributed by atoms with E-state index in [2.05, 4.69) is 22.2 Å². The summed E-state index contributed by atoms with van der Waals surface area (Å²) in [6.45, 7) is 4.40. The number of nitrogen functional groups attached to an aromatic ring is 1. The van der Waals surface area contributed by atoms with Crippen LogP contribution < -0.4 is 11.1 Å². The first-order chi connectivity index (χ1) is 10.1. The molecule has 116 valence electrons. The van der Waals surface area contributed by atoms with Gasteiger partial charge in [-0.05, 0) is 33.2 Å². The lowest BCUT2D eigenvalue weighted by Gasteiger charge is -2.25. The van der Waals surface area contributed by atoms with Gasteiger partial charge in [-0.2, -0.15) is 0 Å². The van der Waals surface area contributed by atoms with Crippen LogP contribution in [0.3, 0.4) is 0 Å². The summed E-state index contributed by atoms with van der Waals surface area (Å²) in [6.07, 6.45) is 3.50. The molecule has 2 bridgehead atoms. The predicted octanol–water partition coefficient (Wildman–Crippen LogP) is 1.47. The van der Waals surface area contributed by atoms with Crippen LogP contribution in [0.25, 0.3) is 0 Å². The lowest BCUT2D eigenvalue weighted by Crippen LogP contribution is -2.39. The molecule has 3 heterocycles. The highest BCUT2D eigenvalue weighted by Crippen LogP contribution is 2.31. The number of anilines is 2. The van der Waals surface area contributed by atoms with Gasteiger partial charge < -0.3 is 16.0 Å². The highest BCUT2D eigenvalue weighted by molar-refractivity contribution is 7.18. The number of fused-ring (bicyclic) bond motifs is 2. The molecule has 6 nitrogen and oxygen atoms in total. The molecule has 1 aromatic rings. The molecule has 7 heteroatoms. The fraction of sp³-hybridized carbons (Fsp3) is 0.714. The fourth-order valence-electron chi connectivity index (χ4n) is 3.35. The summed E-state index contributed by atoms with van der Waals surface area (Å²) in [4.78, 5) is 21.9. The quantitative estimate of drug-likeness (QED) is 0.884. The van der Waals surface area contributed by atoms with Crippen molar-refractivity contribution in [2.75, 3.05) is 37.7 Å². The molecule has 3 rings (SSSR count). The molecule has 2 aliphatic rings. The average Bonchev–Trinajstić information content (AvgIpc) is 2.90. The second-order valence-corrected chi connectivity index (χ2v) is 6.85. The van der Waals surface area contributed by atoms with E-state index >= 15 is 0 Å². The maximum Gasteiger partial charge on any atom is 0.267 e. The first-order valence-electron chi connectivity index (χ1n) is 7.61. The smallest absolute Gasteiger partial charge is 0.267 e. The van der Waals surface area contributed by atoms with Gasteiger partial charge in [0.2, 0.25) is 0 Å². The third-order valence-corrected chi connectivity index (χ3v) is 5.63. The molecule has 2 fully saturated rings. The molecule has 3 N–H and O–H groups in total. The largest absolute Gasteiger partial charge is 0.382 e. The molecule has 2 saturated heterocycles. The van der Waals surface area contributed by atoms with Crippen LogP contribution in [-0.2, 0) is 0 Å². The van der Waals surface area contributed by atoms with Crippen LogP contribution in [0.4, 0.5) is 10.9 Å².